The fourth-order valence-electron chi connectivity index (χ4n) is 4.64. The summed E-state index contributed by atoms with van der Waals surface area (Å²) >= 11 is 0. The van der Waals surface area contributed by atoms with Crippen LogP contribution in [0.2, 0.25) is 0 Å². The molecule has 4 rings (SSSR count). The number of nitrogens with zero attached hydrogens (tertiary/aromatic N) is 5. The Kier molecular flexibility index (Phi) is 6.68. The van der Waals surface area contributed by atoms with E-state index in [1.165, 1.54) is 0 Å². The highest BCUT2D eigenvalue weighted by Gasteiger charge is 2.33. The van der Waals surface area contributed by atoms with Crippen molar-refractivity contribution in [2.75, 3.05) is 43.5 Å². The van der Waals surface area contributed by atoms with Gasteiger partial charge in [0.05, 0.1) is 0 Å². The van der Waals surface area contributed by atoms with E-state index in [0.29, 0.717) is 44.0 Å². The van der Waals surface area contributed by atoms with Crippen LogP contribution < -0.4 is 9.80 Å². The fraction of sp³-hybridized carbons (Fsp3) is 0.538. The second-order valence-corrected chi connectivity index (χ2v) is 9.88. The molecule has 2 aliphatic heterocycles. The van der Waals surface area contributed by atoms with E-state index in [9.17, 15) is 9.59 Å². The third kappa shape index (κ3) is 4.87. The highest BCUT2D eigenvalue weighted by Crippen LogP contribution is 2.33. The molecule has 7 heteroatoms. The molecule has 0 unspecified atom stereocenters. The molecule has 0 aliphatic carbocycles. The van der Waals surface area contributed by atoms with Gasteiger partial charge in [0, 0.05) is 68.6 Å². The zero-order chi connectivity index (χ0) is 23.7. The molecule has 2 aromatic rings. The summed E-state index contributed by atoms with van der Waals surface area (Å²) in [6.07, 6.45) is 3.01. The van der Waals surface area contributed by atoms with Gasteiger partial charge in [-0.3, -0.25) is 14.5 Å². The van der Waals surface area contributed by atoms with E-state index < -0.39 is 0 Å². The minimum Gasteiger partial charge on any atom is -0.378 e. The lowest BCUT2D eigenvalue weighted by Gasteiger charge is -2.30. The normalized spacial score (nSPS) is 18.1. The summed E-state index contributed by atoms with van der Waals surface area (Å²) in [4.78, 5) is 41.3. The van der Waals surface area contributed by atoms with Gasteiger partial charge in [-0.1, -0.05) is 13.8 Å². The number of carbonyl (C=O) groups excluding carboxylic acids is 2. The zero-order valence-electron chi connectivity index (χ0n) is 20.5. The molecule has 2 amide bonds. The molecule has 0 saturated carbocycles. The van der Waals surface area contributed by atoms with Crippen molar-refractivity contribution in [2.24, 2.45) is 5.92 Å². The Morgan fingerprint density at radius 1 is 1.15 bits per heavy atom. The molecule has 2 aliphatic rings. The van der Waals surface area contributed by atoms with Crippen LogP contribution in [0.1, 0.15) is 66.5 Å². The summed E-state index contributed by atoms with van der Waals surface area (Å²) in [6, 6.07) is 7.73. The lowest BCUT2D eigenvalue weighted by molar-refractivity contribution is -0.119. The number of anilines is 2. The SMILES string of the molecule is Cc1nc([C@H]2CCN(C(=O)c3ccc(N(C)C)cc3)C2)nc2c1CCC(=O)N2CCC(C)C. The number of benzene rings is 1. The standard InChI is InChI=1S/C26H35N5O2/c1-17(2)12-15-31-23(32)11-10-22-18(3)27-24(28-25(22)31)20-13-14-30(16-20)26(33)19-6-8-21(9-7-19)29(4)5/h6-9,17,20H,10-16H2,1-5H3/t20-/m0/s1. The molecular formula is C26H35N5O2. The average molecular weight is 450 g/mol. The van der Waals surface area contributed by atoms with E-state index in [0.717, 1.165) is 41.4 Å². The molecule has 1 atom stereocenters. The molecule has 0 bridgehead atoms. The summed E-state index contributed by atoms with van der Waals surface area (Å²) in [5.74, 6) is 2.35. The molecule has 3 heterocycles. The van der Waals surface area contributed by atoms with Crippen molar-refractivity contribution in [1.29, 1.82) is 0 Å². The van der Waals surface area contributed by atoms with Crippen LogP contribution in [-0.4, -0.2) is 60.4 Å². The van der Waals surface area contributed by atoms with Crippen LogP contribution >= 0.6 is 0 Å². The lowest BCUT2D eigenvalue weighted by Crippen LogP contribution is -2.38. The molecule has 0 N–H and O–H groups in total. The Bertz CT molecular complexity index is 1030. The quantitative estimate of drug-likeness (QED) is 0.671. The molecule has 0 spiro atoms. The number of aromatic nitrogens is 2. The Balaban J connectivity index is 1.52. The summed E-state index contributed by atoms with van der Waals surface area (Å²) in [5.41, 5.74) is 3.82. The highest BCUT2D eigenvalue weighted by molar-refractivity contribution is 5.96. The van der Waals surface area contributed by atoms with Gasteiger partial charge in [-0.05, 0) is 56.4 Å². The van der Waals surface area contributed by atoms with Gasteiger partial charge in [-0.25, -0.2) is 9.97 Å². The number of hydrogen-bond donors (Lipinski definition) is 0. The molecule has 1 saturated heterocycles. The number of likely N-dealkylation sites (tertiary alicyclic amines) is 1. The number of hydrogen-bond acceptors (Lipinski definition) is 5. The zero-order valence-corrected chi connectivity index (χ0v) is 20.5. The number of aryl methyl sites for hydroxylation is 1. The molecule has 1 aromatic heterocycles. The molecule has 176 valence electrons. The monoisotopic (exact) mass is 449 g/mol. The van der Waals surface area contributed by atoms with Crippen molar-refractivity contribution in [1.82, 2.24) is 14.9 Å². The van der Waals surface area contributed by atoms with E-state index >= 15 is 0 Å². The van der Waals surface area contributed by atoms with Crippen molar-refractivity contribution in [3.05, 3.63) is 46.9 Å². The maximum absolute atomic E-state index is 13.1. The van der Waals surface area contributed by atoms with Crippen molar-refractivity contribution in [2.45, 2.75) is 52.4 Å². The Morgan fingerprint density at radius 2 is 1.88 bits per heavy atom. The van der Waals surface area contributed by atoms with Gasteiger partial charge >= 0.3 is 0 Å². The van der Waals surface area contributed by atoms with Crippen LogP contribution in [-0.2, 0) is 11.2 Å². The van der Waals surface area contributed by atoms with Gasteiger partial charge in [-0.15, -0.1) is 0 Å². The van der Waals surface area contributed by atoms with Crippen LogP contribution in [0.3, 0.4) is 0 Å². The van der Waals surface area contributed by atoms with E-state index in [-0.39, 0.29) is 17.7 Å². The van der Waals surface area contributed by atoms with Crippen LogP contribution in [0, 0.1) is 12.8 Å². The highest BCUT2D eigenvalue weighted by atomic mass is 16.2. The smallest absolute Gasteiger partial charge is 0.253 e. The molecule has 1 aromatic carbocycles. The molecule has 7 nitrogen and oxygen atoms in total. The predicted octanol–water partition coefficient (Wildman–Crippen LogP) is 3.81. The van der Waals surface area contributed by atoms with Crippen LogP contribution in [0.4, 0.5) is 11.5 Å². The van der Waals surface area contributed by atoms with Crippen molar-refractivity contribution in [3.63, 3.8) is 0 Å². The first-order chi connectivity index (χ1) is 15.7. The van der Waals surface area contributed by atoms with Crippen molar-refractivity contribution < 1.29 is 9.59 Å². The van der Waals surface area contributed by atoms with Gasteiger partial charge in [0.15, 0.2) is 0 Å². The third-order valence-electron chi connectivity index (χ3n) is 6.76. The van der Waals surface area contributed by atoms with Crippen molar-refractivity contribution >= 4 is 23.3 Å². The minimum atomic E-state index is 0.0474. The number of amides is 2. The van der Waals surface area contributed by atoms with Crippen LogP contribution in [0.5, 0.6) is 0 Å². The Labute approximate surface area is 196 Å². The molecular weight excluding hydrogens is 414 g/mol. The first-order valence-electron chi connectivity index (χ1n) is 12.0. The maximum Gasteiger partial charge on any atom is 0.253 e. The van der Waals surface area contributed by atoms with Crippen LogP contribution in [0.15, 0.2) is 24.3 Å². The van der Waals surface area contributed by atoms with Crippen LogP contribution in [0.25, 0.3) is 0 Å². The first kappa shape index (κ1) is 23.2. The largest absolute Gasteiger partial charge is 0.378 e. The lowest BCUT2D eigenvalue weighted by atomic mass is 10.0. The number of rotatable bonds is 6. The predicted molar refractivity (Wildman–Crippen MR) is 131 cm³/mol. The average Bonchev–Trinajstić information content (AvgIpc) is 3.28. The van der Waals surface area contributed by atoms with E-state index in [1.54, 1.807) is 0 Å². The summed E-state index contributed by atoms with van der Waals surface area (Å²) in [5, 5.41) is 0. The molecule has 0 radical (unpaired) electrons. The maximum atomic E-state index is 13.1. The molecule has 33 heavy (non-hydrogen) atoms. The van der Waals surface area contributed by atoms with Gasteiger partial charge in [-0.2, -0.15) is 0 Å². The van der Waals surface area contributed by atoms with Gasteiger partial charge in [0.25, 0.3) is 5.91 Å². The topological polar surface area (TPSA) is 69.6 Å². The Morgan fingerprint density at radius 3 is 2.55 bits per heavy atom. The van der Waals surface area contributed by atoms with E-state index in [2.05, 4.69) is 13.8 Å². The van der Waals surface area contributed by atoms with Gasteiger partial charge in [0.1, 0.15) is 11.6 Å². The van der Waals surface area contributed by atoms with Crippen molar-refractivity contribution in [3.8, 4) is 0 Å². The van der Waals surface area contributed by atoms with Gasteiger partial charge < -0.3 is 9.80 Å². The minimum absolute atomic E-state index is 0.0474. The Hall–Kier alpha value is -2.96. The molecule has 1 fully saturated rings. The summed E-state index contributed by atoms with van der Waals surface area (Å²) in [7, 11) is 3.97. The summed E-state index contributed by atoms with van der Waals surface area (Å²) < 4.78 is 0. The third-order valence-corrected chi connectivity index (χ3v) is 6.76. The number of carbonyl (C=O) groups is 2. The van der Waals surface area contributed by atoms with E-state index in [4.69, 9.17) is 9.97 Å². The summed E-state index contributed by atoms with van der Waals surface area (Å²) in [6.45, 7) is 8.34. The second-order valence-electron chi connectivity index (χ2n) is 9.88. The number of fused-ring (bicyclic) bond motifs is 1. The fourth-order valence-corrected chi connectivity index (χ4v) is 4.64. The van der Waals surface area contributed by atoms with E-state index in [1.807, 2.05) is 60.0 Å². The van der Waals surface area contributed by atoms with Gasteiger partial charge in [0.2, 0.25) is 5.91 Å². The first-order valence-corrected chi connectivity index (χ1v) is 12.0. The second kappa shape index (κ2) is 9.49.